The highest BCUT2D eigenvalue weighted by atomic mass is 15.0. The van der Waals surface area contributed by atoms with Crippen molar-refractivity contribution in [2.45, 2.75) is 12.8 Å². The van der Waals surface area contributed by atoms with Gasteiger partial charge in [-0.15, -0.1) is 0 Å². The van der Waals surface area contributed by atoms with Crippen LogP contribution < -0.4 is 5.73 Å². The van der Waals surface area contributed by atoms with Gasteiger partial charge < -0.3 is 10.3 Å². The molecule has 0 atom stereocenters. The van der Waals surface area contributed by atoms with Crippen molar-refractivity contribution in [2.24, 2.45) is 12.8 Å². The van der Waals surface area contributed by atoms with Gasteiger partial charge in [0.15, 0.2) is 0 Å². The van der Waals surface area contributed by atoms with Crippen LogP contribution in [0.15, 0.2) is 36.8 Å². The lowest BCUT2D eigenvalue weighted by Gasteiger charge is -2.05. The molecule has 0 unspecified atom stereocenters. The van der Waals surface area contributed by atoms with E-state index in [1.807, 2.05) is 24.1 Å². The van der Waals surface area contributed by atoms with Crippen LogP contribution in [0.25, 0.3) is 11.3 Å². The Labute approximate surface area is 95.9 Å². The van der Waals surface area contributed by atoms with E-state index in [2.05, 4.69) is 29.2 Å². The van der Waals surface area contributed by atoms with Gasteiger partial charge in [0.05, 0.1) is 18.2 Å². The Morgan fingerprint density at radius 3 is 2.94 bits per heavy atom. The van der Waals surface area contributed by atoms with Crippen molar-refractivity contribution in [3.63, 3.8) is 0 Å². The Bertz CT molecular complexity index is 460. The number of nitrogens with two attached hydrogens (primary N) is 1. The molecule has 2 N–H and O–H groups in total. The van der Waals surface area contributed by atoms with Crippen molar-refractivity contribution in [1.29, 1.82) is 0 Å². The Balaban J connectivity index is 2.26. The molecule has 1 aromatic heterocycles. The summed E-state index contributed by atoms with van der Waals surface area (Å²) in [5.74, 6) is 0. The normalized spacial score (nSPS) is 10.6. The molecule has 2 rings (SSSR count). The first-order chi connectivity index (χ1) is 7.81. The van der Waals surface area contributed by atoms with Crippen LogP contribution in [0.3, 0.4) is 0 Å². The van der Waals surface area contributed by atoms with E-state index < -0.39 is 0 Å². The molecule has 0 aliphatic carbocycles. The second kappa shape index (κ2) is 4.94. The second-order valence-corrected chi connectivity index (χ2v) is 3.98. The van der Waals surface area contributed by atoms with Crippen molar-refractivity contribution in [2.75, 3.05) is 6.54 Å². The van der Waals surface area contributed by atoms with Gasteiger partial charge in [-0.3, -0.25) is 0 Å². The Kier molecular flexibility index (Phi) is 3.37. The maximum absolute atomic E-state index is 5.52. The number of aromatic nitrogens is 2. The minimum atomic E-state index is 0.746. The van der Waals surface area contributed by atoms with Crippen LogP contribution in [0, 0.1) is 0 Å². The van der Waals surface area contributed by atoms with Gasteiger partial charge in [0.2, 0.25) is 0 Å². The molecule has 1 aromatic carbocycles. The molecule has 16 heavy (non-hydrogen) atoms. The summed E-state index contributed by atoms with van der Waals surface area (Å²) in [6, 6.07) is 8.57. The molecule has 0 spiro atoms. The van der Waals surface area contributed by atoms with Crippen molar-refractivity contribution >= 4 is 0 Å². The molecule has 0 radical (unpaired) electrons. The summed E-state index contributed by atoms with van der Waals surface area (Å²) in [7, 11) is 2.01. The van der Waals surface area contributed by atoms with Gasteiger partial charge in [-0.1, -0.05) is 18.2 Å². The van der Waals surface area contributed by atoms with Crippen LogP contribution >= 0.6 is 0 Å². The summed E-state index contributed by atoms with van der Waals surface area (Å²) in [5.41, 5.74) is 9.22. The number of aryl methyl sites for hydroxylation is 2. The fraction of sp³-hybridized carbons (Fsp3) is 0.308. The van der Waals surface area contributed by atoms with Crippen LogP contribution in [-0.2, 0) is 13.5 Å². The smallest absolute Gasteiger partial charge is 0.0948 e. The van der Waals surface area contributed by atoms with E-state index in [-0.39, 0.29) is 0 Å². The third-order valence-electron chi connectivity index (χ3n) is 2.71. The van der Waals surface area contributed by atoms with Gasteiger partial charge in [0.25, 0.3) is 0 Å². The lowest BCUT2D eigenvalue weighted by Crippen LogP contribution is -2.00. The monoisotopic (exact) mass is 215 g/mol. The Morgan fingerprint density at radius 2 is 2.25 bits per heavy atom. The van der Waals surface area contributed by atoms with E-state index in [9.17, 15) is 0 Å². The van der Waals surface area contributed by atoms with E-state index in [0.717, 1.165) is 25.1 Å². The fourth-order valence-corrected chi connectivity index (χ4v) is 1.83. The zero-order chi connectivity index (χ0) is 11.4. The average molecular weight is 215 g/mol. The van der Waals surface area contributed by atoms with Crippen LogP contribution in [0.5, 0.6) is 0 Å². The molecular weight excluding hydrogens is 198 g/mol. The lowest BCUT2D eigenvalue weighted by molar-refractivity contribution is 0.832. The molecule has 3 nitrogen and oxygen atoms in total. The fourth-order valence-electron chi connectivity index (χ4n) is 1.83. The van der Waals surface area contributed by atoms with Gasteiger partial charge >= 0.3 is 0 Å². The number of imidazole rings is 1. The summed E-state index contributed by atoms with van der Waals surface area (Å²) in [4.78, 5) is 4.13. The van der Waals surface area contributed by atoms with Gasteiger partial charge in [-0.05, 0) is 31.0 Å². The van der Waals surface area contributed by atoms with Crippen LogP contribution in [-0.4, -0.2) is 16.1 Å². The maximum atomic E-state index is 5.52. The van der Waals surface area contributed by atoms with E-state index in [1.165, 1.54) is 11.1 Å². The lowest BCUT2D eigenvalue weighted by atomic mass is 10.0. The molecule has 1 heterocycles. The first-order valence-corrected chi connectivity index (χ1v) is 5.57. The number of rotatable bonds is 4. The van der Waals surface area contributed by atoms with Gasteiger partial charge in [-0.2, -0.15) is 0 Å². The summed E-state index contributed by atoms with van der Waals surface area (Å²) in [6.45, 7) is 0.746. The third kappa shape index (κ3) is 2.31. The van der Waals surface area contributed by atoms with Gasteiger partial charge in [-0.25, -0.2) is 4.98 Å². The predicted molar refractivity (Wildman–Crippen MR) is 66.0 cm³/mol. The van der Waals surface area contributed by atoms with Crippen molar-refractivity contribution < 1.29 is 0 Å². The zero-order valence-electron chi connectivity index (χ0n) is 9.56. The standard InChI is InChI=1S/C13H17N3/c1-16-10-15-9-13(16)12-6-2-4-11(8-12)5-3-7-14/h2,4,6,8-10H,3,5,7,14H2,1H3. The first kappa shape index (κ1) is 10.9. The number of nitrogens with zero attached hydrogens (tertiary/aromatic N) is 2. The van der Waals surface area contributed by atoms with Gasteiger partial charge in [0, 0.05) is 12.6 Å². The van der Waals surface area contributed by atoms with E-state index in [4.69, 9.17) is 5.73 Å². The van der Waals surface area contributed by atoms with Crippen LogP contribution in [0.4, 0.5) is 0 Å². The number of benzene rings is 1. The highest BCUT2D eigenvalue weighted by Gasteiger charge is 2.02. The summed E-state index contributed by atoms with van der Waals surface area (Å²) < 4.78 is 2.03. The molecule has 0 aliphatic rings. The Hall–Kier alpha value is -1.61. The third-order valence-corrected chi connectivity index (χ3v) is 2.71. The van der Waals surface area contributed by atoms with Crippen molar-refractivity contribution in [1.82, 2.24) is 9.55 Å². The molecular formula is C13H17N3. The Morgan fingerprint density at radius 1 is 1.38 bits per heavy atom. The highest BCUT2D eigenvalue weighted by Crippen LogP contribution is 2.19. The molecule has 0 fully saturated rings. The molecule has 3 heteroatoms. The van der Waals surface area contributed by atoms with Crippen LogP contribution in [0.1, 0.15) is 12.0 Å². The second-order valence-electron chi connectivity index (χ2n) is 3.98. The maximum Gasteiger partial charge on any atom is 0.0948 e. The van der Waals surface area contributed by atoms with Crippen LogP contribution in [0.2, 0.25) is 0 Å². The minimum absolute atomic E-state index is 0.746. The average Bonchev–Trinajstić information content (AvgIpc) is 2.73. The van der Waals surface area contributed by atoms with E-state index >= 15 is 0 Å². The van der Waals surface area contributed by atoms with Crippen molar-refractivity contribution in [3.8, 4) is 11.3 Å². The largest absolute Gasteiger partial charge is 0.334 e. The number of hydrogen-bond acceptors (Lipinski definition) is 2. The van der Waals surface area contributed by atoms with Gasteiger partial charge in [0.1, 0.15) is 0 Å². The summed E-state index contributed by atoms with van der Waals surface area (Å²) >= 11 is 0. The van der Waals surface area contributed by atoms with E-state index in [1.54, 1.807) is 0 Å². The predicted octanol–water partition coefficient (Wildman–Crippen LogP) is 1.98. The first-order valence-electron chi connectivity index (χ1n) is 5.57. The molecule has 0 saturated heterocycles. The molecule has 2 aromatic rings. The summed E-state index contributed by atoms with van der Waals surface area (Å²) in [6.07, 6.45) is 5.79. The highest BCUT2D eigenvalue weighted by molar-refractivity contribution is 5.59. The zero-order valence-corrected chi connectivity index (χ0v) is 9.56. The molecule has 0 amide bonds. The molecule has 0 bridgehead atoms. The number of hydrogen-bond donors (Lipinski definition) is 1. The quantitative estimate of drug-likeness (QED) is 0.847. The molecule has 0 aliphatic heterocycles. The molecule has 0 saturated carbocycles. The molecule has 84 valence electrons. The topological polar surface area (TPSA) is 43.8 Å². The van der Waals surface area contributed by atoms with Crippen molar-refractivity contribution in [3.05, 3.63) is 42.4 Å². The minimum Gasteiger partial charge on any atom is -0.334 e. The van der Waals surface area contributed by atoms with E-state index in [0.29, 0.717) is 0 Å². The SMILES string of the molecule is Cn1cncc1-c1cccc(CCCN)c1. The summed E-state index contributed by atoms with van der Waals surface area (Å²) in [5, 5.41) is 0.